The lowest BCUT2D eigenvalue weighted by molar-refractivity contribution is -0.124. The SMILES string of the molecule is COc1ccc(CNC(=O)C2CCCN2S(C)(=O)=O)cc1. The minimum Gasteiger partial charge on any atom is -0.497 e. The Morgan fingerprint density at radius 2 is 2.05 bits per heavy atom. The number of methoxy groups -OCH3 is 1. The van der Waals surface area contributed by atoms with Gasteiger partial charge in [0.25, 0.3) is 0 Å². The Labute approximate surface area is 125 Å². The lowest BCUT2D eigenvalue weighted by Crippen LogP contribution is -2.45. The fourth-order valence-electron chi connectivity index (χ4n) is 2.45. The molecule has 2 rings (SSSR count). The number of hydrogen-bond acceptors (Lipinski definition) is 4. The van der Waals surface area contributed by atoms with Gasteiger partial charge >= 0.3 is 0 Å². The first-order valence-corrected chi connectivity index (χ1v) is 8.64. The summed E-state index contributed by atoms with van der Waals surface area (Å²) in [5.74, 6) is 0.512. The highest BCUT2D eigenvalue weighted by Gasteiger charge is 2.36. The van der Waals surface area contributed by atoms with Crippen molar-refractivity contribution in [3.63, 3.8) is 0 Å². The maximum atomic E-state index is 12.2. The van der Waals surface area contributed by atoms with Gasteiger partial charge in [-0.3, -0.25) is 4.79 Å². The average Bonchev–Trinajstić information content (AvgIpc) is 2.95. The highest BCUT2D eigenvalue weighted by Crippen LogP contribution is 2.20. The predicted molar refractivity (Wildman–Crippen MR) is 79.4 cm³/mol. The van der Waals surface area contributed by atoms with Crippen LogP contribution in [0.4, 0.5) is 0 Å². The van der Waals surface area contributed by atoms with Gasteiger partial charge in [0.05, 0.1) is 13.4 Å². The molecule has 1 heterocycles. The predicted octanol–water partition coefficient (Wildman–Crippen LogP) is 0.735. The molecule has 0 radical (unpaired) electrons. The zero-order valence-electron chi connectivity index (χ0n) is 12.2. The van der Waals surface area contributed by atoms with Gasteiger partial charge in [0.2, 0.25) is 15.9 Å². The van der Waals surface area contributed by atoms with Crippen molar-refractivity contribution in [2.45, 2.75) is 25.4 Å². The second kappa shape index (κ2) is 6.44. The van der Waals surface area contributed by atoms with Gasteiger partial charge in [0.1, 0.15) is 11.8 Å². The van der Waals surface area contributed by atoms with Crippen molar-refractivity contribution < 1.29 is 17.9 Å². The molecule has 1 aromatic carbocycles. The highest BCUT2D eigenvalue weighted by molar-refractivity contribution is 7.88. The van der Waals surface area contributed by atoms with Crippen LogP contribution >= 0.6 is 0 Å². The summed E-state index contributed by atoms with van der Waals surface area (Å²) in [5, 5.41) is 2.79. The Bertz CT molecular complexity index is 598. The standard InChI is InChI=1S/C14H20N2O4S/c1-20-12-7-5-11(6-8-12)10-15-14(17)13-4-3-9-16(13)21(2,18)19/h5-8,13H,3-4,9-10H2,1-2H3,(H,15,17). The second-order valence-corrected chi connectivity index (χ2v) is 7.03. The van der Waals surface area contributed by atoms with Crippen LogP contribution in [-0.2, 0) is 21.4 Å². The number of hydrogen-bond donors (Lipinski definition) is 1. The molecular formula is C14H20N2O4S. The lowest BCUT2D eigenvalue weighted by atomic mass is 10.2. The number of sulfonamides is 1. The van der Waals surface area contributed by atoms with Crippen LogP contribution < -0.4 is 10.1 Å². The van der Waals surface area contributed by atoms with Crippen molar-refractivity contribution in [2.24, 2.45) is 0 Å². The summed E-state index contributed by atoms with van der Waals surface area (Å²) in [7, 11) is -1.74. The average molecular weight is 312 g/mol. The molecule has 1 saturated heterocycles. The van der Waals surface area contributed by atoms with Crippen molar-refractivity contribution in [3.8, 4) is 5.75 Å². The second-order valence-electron chi connectivity index (χ2n) is 5.10. The van der Waals surface area contributed by atoms with E-state index in [1.54, 1.807) is 7.11 Å². The van der Waals surface area contributed by atoms with Crippen LogP contribution in [0, 0.1) is 0 Å². The van der Waals surface area contributed by atoms with E-state index in [4.69, 9.17) is 4.74 Å². The quantitative estimate of drug-likeness (QED) is 0.870. The van der Waals surface area contributed by atoms with E-state index in [0.29, 0.717) is 25.9 Å². The van der Waals surface area contributed by atoms with Crippen LogP contribution in [0.25, 0.3) is 0 Å². The van der Waals surface area contributed by atoms with Gasteiger partial charge in [-0.1, -0.05) is 12.1 Å². The van der Waals surface area contributed by atoms with E-state index in [-0.39, 0.29) is 5.91 Å². The molecule has 1 aliphatic heterocycles. The third-order valence-electron chi connectivity index (χ3n) is 3.56. The van der Waals surface area contributed by atoms with Crippen LogP contribution in [0.1, 0.15) is 18.4 Å². The van der Waals surface area contributed by atoms with Crippen molar-refractivity contribution in [1.29, 1.82) is 0 Å². The molecule has 7 heteroatoms. The van der Waals surface area contributed by atoms with E-state index < -0.39 is 16.1 Å². The van der Waals surface area contributed by atoms with Crippen molar-refractivity contribution in [1.82, 2.24) is 9.62 Å². The smallest absolute Gasteiger partial charge is 0.238 e. The third kappa shape index (κ3) is 3.95. The maximum Gasteiger partial charge on any atom is 0.238 e. The first kappa shape index (κ1) is 15.8. The van der Waals surface area contributed by atoms with Gasteiger partial charge in [-0.15, -0.1) is 0 Å². The lowest BCUT2D eigenvalue weighted by Gasteiger charge is -2.21. The first-order chi connectivity index (χ1) is 9.91. The molecule has 1 aliphatic rings. The molecular weight excluding hydrogens is 292 g/mol. The summed E-state index contributed by atoms with van der Waals surface area (Å²) in [4.78, 5) is 12.2. The van der Waals surface area contributed by atoms with Crippen LogP contribution in [0.2, 0.25) is 0 Å². The highest BCUT2D eigenvalue weighted by atomic mass is 32.2. The van der Waals surface area contributed by atoms with Crippen molar-refractivity contribution >= 4 is 15.9 Å². The molecule has 1 aromatic rings. The minimum absolute atomic E-state index is 0.242. The summed E-state index contributed by atoms with van der Waals surface area (Å²) in [6, 6.07) is 6.78. The molecule has 0 aromatic heterocycles. The number of benzene rings is 1. The Balaban J connectivity index is 1.95. The summed E-state index contributed by atoms with van der Waals surface area (Å²) < 4.78 is 29.6. The number of rotatable bonds is 5. The van der Waals surface area contributed by atoms with Crippen LogP contribution in [0.3, 0.4) is 0 Å². The Kier molecular flexibility index (Phi) is 4.84. The van der Waals surface area contributed by atoms with Gasteiger partial charge in [-0.2, -0.15) is 4.31 Å². The van der Waals surface area contributed by atoms with Gasteiger partial charge in [-0.25, -0.2) is 8.42 Å². The number of nitrogens with zero attached hydrogens (tertiary/aromatic N) is 1. The summed E-state index contributed by atoms with van der Waals surface area (Å²) in [6.45, 7) is 0.788. The number of ether oxygens (including phenoxy) is 1. The summed E-state index contributed by atoms with van der Waals surface area (Å²) >= 11 is 0. The Hall–Kier alpha value is -1.60. The molecule has 6 nitrogen and oxygen atoms in total. The summed E-state index contributed by atoms with van der Waals surface area (Å²) in [6.07, 6.45) is 2.43. The van der Waals surface area contributed by atoms with E-state index in [0.717, 1.165) is 17.6 Å². The summed E-state index contributed by atoms with van der Waals surface area (Å²) in [5.41, 5.74) is 0.938. The molecule has 1 unspecified atom stereocenters. The van der Waals surface area contributed by atoms with Gasteiger partial charge < -0.3 is 10.1 Å². The molecule has 116 valence electrons. The molecule has 0 aliphatic carbocycles. The van der Waals surface area contributed by atoms with Crippen LogP contribution in [0.15, 0.2) is 24.3 Å². The molecule has 0 saturated carbocycles. The topological polar surface area (TPSA) is 75.7 Å². The van der Waals surface area contributed by atoms with E-state index in [9.17, 15) is 13.2 Å². The molecule has 21 heavy (non-hydrogen) atoms. The van der Waals surface area contributed by atoms with E-state index in [1.807, 2.05) is 24.3 Å². The monoisotopic (exact) mass is 312 g/mol. The van der Waals surface area contributed by atoms with Crippen LogP contribution in [0.5, 0.6) is 5.75 Å². The van der Waals surface area contributed by atoms with Crippen molar-refractivity contribution in [3.05, 3.63) is 29.8 Å². The van der Waals surface area contributed by atoms with Gasteiger partial charge in [0, 0.05) is 13.1 Å². The van der Waals surface area contributed by atoms with Gasteiger partial charge in [0.15, 0.2) is 0 Å². The van der Waals surface area contributed by atoms with E-state index >= 15 is 0 Å². The maximum absolute atomic E-state index is 12.2. The number of carbonyl (C=O) groups is 1. The van der Waals surface area contributed by atoms with Crippen molar-refractivity contribution in [2.75, 3.05) is 19.9 Å². The number of nitrogens with one attached hydrogen (secondary N) is 1. The molecule has 0 bridgehead atoms. The Morgan fingerprint density at radius 3 is 2.62 bits per heavy atom. The zero-order valence-corrected chi connectivity index (χ0v) is 13.0. The third-order valence-corrected chi connectivity index (χ3v) is 4.85. The van der Waals surface area contributed by atoms with E-state index in [2.05, 4.69) is 5.32 Å². The zero-order chi connectivity index (χ0) is 15.5. The largest absolute Gasteiger partial charge is 0.497 e. The molecule has 1 N–H and O–H groups in total. The van der Waals surface area contributed by atoms with E-state index in [1.165, 1.54) is 4.31 Å². The number of carbonyl (C=O) groups excluding carboxylic acids is 1. The molecule has 1 atom stereocenters. The molecule has 1 fully saturated rings. The van der Waals surface area contributed by atoms with Gasteiger partial charge in [-0.05, 0) is 30.5 Å². The first-order valence-electron chi connectivity index (χ1n) is 6.79. The molecule has 1 amide bonds. The fourth-order valence-corrected chi connectivity index (χ4v) is 3.57. The van der Waals surface area contributed by atoms with Crippen LogP contribution in [-0.4, -0.2) is 44.6 Å². The fraction of sp³-hybridized carbons (Fsp3) is 0.500. The Morgan fingerprint density at radius 1 is 1.38 bits per heavy atom. The molecule has 0 spiro atoms. The number of amides is 1. The normalized spacial score (nSPS) is 19.4. The minimum atomic E-state index is -3.33.